The molecule has 164 valence electrons. The first-order chi connectivity index (χ1) is 13.9. The van der Waals surface area contributed by atoms with Gasteiger partial charge >= 0.3 is 0 Å². The topological polar surface area (TPSA) is 75.5 Å². The number of amides is 1. The van der Waals surface area contributed by atoms with E-state index in [9.17, 15) is 13.2 Å². The van der Waals surface area contributed by atoms with E-state index in [1.807, 2.05) is 24.3 Å². The molecule has 3 rings (SSSR count). The molecule has 1 amide bonds. The van der Waals surface area contributed by atoms with Gasteiger partial charge in [-0.3, -0.25) is 9.48 Å². The molecular weight excluding hydrogens is 400 g/mol. The van der Waals surface area contributed by atoms with E-state index in [-0.39, 0.29) is 22.8 Å². The fraction of sp³-hybridized carbons (Fsp3) is 0.545. The Labute approximate surface area is 179 Å². The number of carbonyl (C=O) groups excluding carboxylic acids is 1. The van der Waals surface area contributed by atoms with Gasteiger partial charge in [-0.1, -0.05) is 32.9 Å². The lowest BCUT2D eigenvalue weighted by Crippen LogP contribution is -2.37. The third-order valence-corrected chi connectivity index (χ3v) is 7.93. The highest BCUT2D eigenvalue weighted by atomic mass is 32.2. The molecule has 0 saturated carbocycles. The van der Waals surface area contributed by atoms with Crippen LogP contribution in [0, 0.1) is 13.8 Å². The van der Waals surface area contributed by atoms with Gasteiger partial charge in [-0.2, -0.15) is 9.40 Å². The Morgan fingerprint density at radius 2 is 1.63 bits per heavy atom. The van der Waals surface area contributed by atoms with Gasteiger partial charge in [0.25, 0.3) is 5.91 Å². The van der Waals surface area contributed by atoms with Crippen molar-refractivity contribution in [2.24, 2.45) is 7.05 Å². The Morgan fingerprint density at radius 3 is 2.17 bits per heavy atom. The Bertz CT molecular complexity index is 1030. The molecule has 1 aliphatic heterocycles. The van der Waals surface area contributed by atoms with Crippen molar-refractivity contribution in [2.45, 2.75) is 51.3 Å². The summed E-state index contributed by atoms with van der Waals surface area (Å²) in [5.74, 6) is -0.0524. The monoisotopic (exact) mass is 432 g/mol. The van der Waals surface area contributed by atoms with Gasteiger partial charge in [-0.25, -0.2) is 8.42 Å². The van der Waals surface area contributed by atoms with Crippen LogP contribution in [0.2, 0.25) is 0 Å². The lowest BCUT2D eigenvalue weighted by atomic mass is 9.86. The van der Waals surface area contributed by atoms with E-state index in [0.717, 1.165) is 0 Å². The van der Waals surface area contributed by atoms with E-state index in [1.165, 1.54) is 9.87 Å². The van der Waals surface area contributed by atoms with E-state index in [4.69, 9.17) is 0 Å². The minimum absolute atomic E-state index is 0.0294. The lowest BCUT2D eigenvalue weighted by molar-refractivity contribution is 0.0764. The SMILES string of the molecule is Cc1nn(C)c(C)c1S(=O)(=O)N1CCCN(C(=O)c2ccc(C(C)(C)C)cc2)CC1. The van der Waals surface area contributed by atoms with Crippen LogP contribution >= 0.6 is 0 Å². The van der Waals surface area contributed by atoms with Gasteiger partial charge in [0.2, 0.25) is 10.0 Å². The van der Waals surface area contributed by atoms with Crippen LogP contribution in [0.3, 0.4) is 0 Å². The van der Waals surface area contributed by atoms with E-state index >= 15 is 0 Å². The second-order valence-corrected chi connectivity index (χ2v) is 10.9. The van der Waals surface area contributed by atoms with Gasteiger partial charge in [0.1, 0.15) is 4.90 Å². The molecule has 30 heavy (non-hydrogen) atoms. The van der Waals surface area contributed by atoms with Crippen molar-refractivity contribution in [1.82, 2.24) is 19.0 Å². The number of rotatable bonds is 3. The van der Waals surface area contributed by atoms with Gasteiger partial charge in [0, 0.05) is 38.8 Å². The summed E-state index contributed by atoms with van der Waals surface area (Å²) in [4.78, 5) is 15.0. The fourth-order valence-corrected chi connectivity index (χ4v) is 5.76. The van der Waals surface area contributed by atoms with E-state index in [1.54, 1.807) is 30.5 Å². The second-order valence-electron chi connectivity index (χ2n) is 9.00. The minimum atomic E-state index is -3.65. The molecule has 2 heterocycles. The third kappa shape index (κ3) is 4.30. The summed E-state index contributed by atoms with van der Waals surface area (Å²) in [5, 5.41) is 4.25. The normalized spacial score (nSPS) is 16.5. The Hall–Kier alpha value is -2.19. The van der Waals surface area contributed by atoms with Crippen LogP contribution in [0.15, 0.2) is 29.2 Å². The Balaban J connectivity index is 1.75. The number of carbonyl (C=O) groups is 1. The molecule has 0 bridgehead atoms. The smallest absolute Gasteiger partial charge is 0.253 e. The maximum Gasteiger partial charge on any atom is 0.253 e. The summed E-state index contributed by atoms with van der Waals surface area (Å²) in [6.07, 6.45) is 0.601. The zero-order chi connectivity index (χ0) is 22.3. The lowest BCUT2D eigenvalue weighted by Gasteiger charge is -2.23. The number of sulfonamides is 1. The first-order valence-electron chi connectivity index (χ1n) is 10.3. The van der Waals surface area contributed by atoms with Crippen molar-refractivity contribution in [3.63, 3.8) is 0 Å². The standard InChI is InChI=1S/C22H32N4O3S/c1-16-20(17(2)24(6)23-16)30(28,29)26-13-7-12-25(14-15-26)21(27)18-8-10-19(11-9-18)22(3,4)5/h8-11H,7,12-15H2,1-6H3. The molecule has 1 saturated heterocycles. The van der Waals surface area contributed by atoms with Crippen molar-refractivity contribution >= 4 is 15.9 Å². The number of benzene rings is 1. The largest absolute Gasteiger partial charge is 0.337 e. The number of hydrogen-bond donors (Lipinski definition) is 0. The van der Waals surface area contributed by atoms with Gasteiger partial charge in [-0.15, -0.1) is 0 Å². The van der Waals surface area contributed by atoms with Crippen LogP contribution in [0.5, 0.6) is 0 Å². The van der Waals surface area contributed by atoms with Crippen LogP contribution in [-0.2, 0) is 22.5 Å². The molecule has 0 aliphatic carbocycles. The average molecular weight is 433 g/mol. The average Bonchev–Trinajstić information content (AvgIpc) is 2.85. The quantitative estimate of drug-likeness (QED) is 0.747. The van der Waals surface area contributed by atoms with Crippen LogP contribution in [-0.4, -0.2) is 59.5 Å². The van der Waals surface area contributed by atoms with E-state index in [2.05, 4.69) is 25.9 Å². The van der Waals surface area contributed by atoms with Crippen LogP contribution < -0.4 is 0 Å². The maximum absolute atomic E-state index is 13.2. The Kier molecular flexibility index (Phi) is 6.11. The second kappa shape index (κ2) is 8.15. The molecule has 0 N–H and O–H groups in total. The zero-order valence-corrected chi connectivity index (χ0v) is 19.6. The molecule has 8 heteroatoms. The van der Waals surface area contributed by atoms with Crippen molar-refractivity contribution in [3.8, 4) is 0 Å². The molecule has 1 aromatic heterocycles. The predicted molar refractivity (Wildman–Crippen MR) is 117 cm³/mol. The van der Waals surface area contributed by atoms with Crippen molar-refractivity contribution in [1.29, 1.82) is 0 Å². The van der Waals surface area contributed by atoms with Gasteiger partial charge in [0.15, 0.2) is 0 Å². The summed E-state index contributed by atoms with van der Waals surface area (Å²) < 4.78 is 29.6. The van der Waals surface area contributed by atoms with Crippen molar-refractivity contribution in [2.75, 3.05) is 26.2 Å². The van der Waals surface area contributed by atoms with Crippen molar-refractivity contribution < 1.29 is 13.2 Å². The summed E-state index contributed by atoms with van der Waals surface area (Å²) in [5.41, 5.74) is 2.98. The highest BCUT2D eigenvalue weighted by Gasteiger charge is 2.32. The van der Waals surface area contributed by atoms with Crippen LogP contribution in [0.25, 0.3) is 0 Å². The first-order valence-corrected chi connectivity index (χ1v) is 11.8. The predicted octanol–water partition coefficient (Wildman–Crippen LogP) is 2.87. The van der Waals surface area contributed by atoms with E-state index < -0.39 is 10.0 Å². The van der Waals surface area contributed by atoms with E-state index in [0.29, 0.717) is 43.0 Å². The fourth-order valence-electron chi connectivity index (χ4n) is 3.89. The molecule has 7 nitrogen and oxygen atoms in total. The Morgan fingerprint density at radius 1 is 1.00 bits per heavy atom. The van der Waals surface area contributed by atoms with Gasteiger partial charge < -0.3 is 4.90 Å². The summed E-state index contributed by atoms with van der Waals surface area (Å²) in [6.45, 7) is 11.5. The third-order valence-electron chi connectivity index (χ3n) is 5.78. The minimum Gasteiger partial charge on any atom is -0.337 e. The number of nitrogens with zero attached hydrogens (tertiary/aromatic N) is 4. The molecule has 1 fully saturated rings. The molecule has 1 aliphatic rings. The summed E-state index contributed by atoms with van der Waals surface area (Å²) in [7, 11) is -1.90. The van der Waals surface area contributed by atoms with Crippen LogP contribution in [0.4, 0.5) is 0 Å². The molecule has 0 unspecified atom stereocenters. The summed E-state index contributed by atoms with van der Waals surface area (Å²) in [6, 6.07) is 7.72. The number of aryl methyl sites for hydroxylation is 2. The first kappa shape index (κ1) is 22.5. The number of aromatic nitrogens is 2. The van der Waals surface area contributed by atoms with Crippen LogP contribution in [0.1, 0.15) is 54.5 Å². The number of hydrogen-bond acceptors (Lipinski definition) is 4. The molecular formula is C22H32N4O3S. The zero-order valence-electron chi connectivity index (χ0n) is 18.8. The molecule has 0 radical (unpaired) electrons. The molecule has 0 atom stereocenters. The molecule has 1 aromatic carbocycles. The van der Waals surface area contributed by atoms with Gasteiger partial charge in [-0.05, 0) is 43.4 Å². The highest BCUT2D eigenvalue weighted by molar-refractivity contribution is 7.89. The summed E-state index contributed by atoms with van der Waals surface area (Å²) >= 11 is 0. The van der Waals surface area contributed by atoms with Gasteiger partial charge in [0.05, 0.1) is 11.4 Å². The maximum atomic E-state index is 13.2. The molecule has 0 spiro atoms. The highest BCUT2D eigenvalue weighted by Crippen LogP contribution is 2.25. The molecule has 2 aromatic rings. The van der Waals surface area contributed by atoms with Crippen molar-refractivity contribution in [3.05, 3.63) is 46.8 Å².